The average Bonchev–Trinajstić information content (AvgIpc) is 3.43. The topological polar surface area (TPSA) is 0 Å². The quantitative estimate of drug-likeness (QED) is 0.330. The summed E-state index contributed by atoms with van der Waals surface area (Å²) < 4.78 is 5.10. The Kier molecular flexibility index (Phi) is 9.41. The number of halogens is 2. The normalized spacial score (nSPS) is 13.8. The van der Waals surface area contributed by atoms with Crippen molar-refractivity contribution in [3.8, 4) is 11.1 Å². The SMILES string of the molecule is C[C](C)=[Zr+2]([C]1=CC(c2ccccc2)=CC1)[c]1cc(C(C)(C)C)cc2c1Cc1ccc(C(C)(C)C)cc1-2.[Cl-].[Cl-]. The van der Waals surface area contributed by atoms with Crippen LogP contribution in [0.15, 0.2) is 76.1 Å². The predicted octanol–water partition coefficient (Wildman–Crippen LogP) is 2.69. The molecule has 0 bridgehead atoms. The average molecular weight is 623 g/mol. The molecule has 0 fully saturated rings. The Morgan fingerprint density at radius 2 is 1.37 bits per heavy atom. The molecule has 38 heavy (non-hydrogen) atoms. The Bertz CT molecular complexity index is 1440. The fourth-order valence-corrected chi connectivity index (χ4v) is 13.0. The van der Waals surface area contributed by atoms with Gasteiger partial charge in [-0.25, -0.2) is 0 Å². The molecular weight excluding hydrogens is 583 g/mol. The Morgan fingerprint density at radius 1 is 0.737 bits per heavy atom. The van der Waals surface area contributed by atoms with Crippen molar-refractivity contribution in [1.29, 1.82) is 0 Å². The third kappa shape index (κ3) is 5.96. The second-order valence-corrected chi connectivity index (χ2v) is 20.1. The van der Waals surface area contributed by atoms with Crippen LogP contribution >= 0.6 is 0 Å². The smallest absolute Gasteiger partial charge is 1.00 e. The van der Waals surface area contributed by atoms with Gasteiger partial charge in [0.05, 0.1) is 0 Å². The van der Waals surface area contributed by atoms with Crippen molar-refractivity contribution in [2.45, 2.75) is 79.1 Å². The van der Waals surface area contributed by atoms with Gasteiger partial charge in [-0.15, -0.1) is 0 Å². The largest absolute Gasteiger partial charge is 1.00 e. The molecule has 3 heteroatoms. The molecule has 0 aliphatic heterocycles. The first kappa shape index (κ1) is 31.0. The Balaban J connectivity index is 0.00000200. The van der Waals surface area contributed by atoms with Gasteiger partial charge >= 0.3 is 227 Å². The third-order valence-corrected chi connectivity index (χ3v) is 15.1. The summed E-state index contributed by atoms with van der Waals surface area (Å²) in [6.07, 6.45) is 7.21. The van der Waals surface area contributed by atoms with Crippen molar-refractivity contribution in [1.82, 2.24) is 0 Å². The number of hydrogen-bond acceptors (Lipinski definition) is 0. The molecule has 3 aromatic carbocycles. The predicted molar refractivity (Wildman–Crippen MR) is 155 cm³/mol. The van der Waals surface area contributed by atoms with E-state index in [-0.39, 0.29) is 35.6 Å². The van der Waals surface area contributed by atoms with E-state index in [0.717, 1.165) is 12.8 Å². The van der Waals surface area contributed by atoms with E-state index in [1.807, 2.05) is 0 Å². The van der Waals surface area contributed by atoms with Crippen LogP contribution in [0.5, 0.6) is 0 Å². The van der Waals surface area contributed by atoms with E-state index in [0.29, 0.717) is 0 Å². The molecule has 0 unspecified atom stereocenters. The molecule has 198 valence electrons. The molecule has 2 aliphatic carbocycles. The molecule has 0 spiro atoms. The second kappa shape index (κ2) is 11.5. The molecule has 3 aromatic rings. The Morgan fingerprint density at radius 3 is 1.97 bits per heavy atom. The van der Waals surface area contributed by atoms with Crippen LogP contribution in [-0.4, -0.2) is 3.21 Å². The van der Waals surface area contributed by atoms with Gasteiger partial charge in [-0.2, -0.15) is 0 Å². The van der Waals surface area contributed by atoms with Gasteiger partial charge in [-0.3, -0.25) is 0 Å². The maximum Gasteiger partial charge on any atom is -1.00 e. The zero-order chi connectivity index (χ0) is 25.8. The van der Waals surface area contributed by atoms with Gasteiger partial charge in [-0.1, -0.05) is 0 Å². The number of rotatable bonds is 3. The van der Waals surface area contributed by atoms with E-state index in [4.69, 9.17) is 0 Å². The van der Waals surface area contributed by atoms with Crippen LogP contribution in [-0.2, 0) is 38.5 Å². The number of hydrogen-bond donors (Lipinski definition) is 0. The van der Waals surface area contributed by atoms with Gasteiger partial charge in [0.25, 0.3) is 0 Å². The first-order valence-electron chi connectivity index (χ1n) is 13.4. The van der Waals surface area contributed by atoms with Crippen LogP contribution in [0.4, 0.5) is 0 Å². The van der Waals surface area contributed by atoms with Crippen molar-refractivity contribution in [2.75, 3.05) is 0 Å². The Labute approximate surface area is 250 Å². The van der Waals surface area contributed by atoms with E-state index in [1.54, 1.807) is 15.3 Å². The Hall–Kier alpha value is -1.53. The molecule has 0 saturated heterocycles. The van der Waals surface area contributed by atoms with Gasteiger partial charge in [0.1, 0.15) is 0 Å². The molecule has 0 atom stereocenters. The summed E-state index contributed by atoms with van der Waals surface area (Å²) in [5.74, 6) is 0. The summed E-state index contributed by atoms with van der Waals surface area (Å²) in [5, 5.41) is 0. The monoisotopic (exact) mass is 620 g/mol. The summed E-state index contributed by atoms with van der Waals surface area (Å²) in [6.45, 7) is 18.9. The maximum atomic E-state index is 2.62. The van der Waals surface area contributed by atoms with Crippen molar-refractivity contribution in [3.05, 3.63) is 104 Å². The van der Waals surface area contributed by atoms with Crippen molar-refractivity contribution in [3.63, 3.8) is 0 Å². The van der Waals surface area contributed by atoms with Gasteiger partial charge in [0.2, 0.25) is 0 Å². The van der Waals surface area contributed by atoms with Gasteiger partial charge in [-0.05, 0) is 0 Å². The molecule has 0 radical (unpaired) electrons. The first-order valence-corrected chi connectivity index (χ1v) is 17.1. The van der Waals surface area contributed by atoms with E-state index in [1.165, 1.54) is 39.0 Å². The van der Waals surface area contributed by atoms with Crippen LogP contribution in [0.3, 0.4) is 0 Å². The van der Waals surface area contributed by atoms with Crippen LogP contribution in [0.2, 0.25) is 0 Å². The summed E-state index contributed by atoms with van der Waals surface area (Å²) in [5.41, 5.74) is 12.1. The standard InChI is InChI=1S/C21H25.C11H9.C3H6.2ClH.Zr/c1-20(2,3)16-9-7-14-11-15-8-10-17(21(4,5)6)13-19(15)18(14)12-16;1-2-6-10(7-3-1)11-8-4-5-9-11;1-3-2;;;/h7,9-10,12-13H,11H2,1-6H3;1-3,6-9H,4H2;1-2H3;2*1H;/q;;;;;+2/p-2. The van der Waals surface area contributed by atoms with Crippen molar-refractivity contribution in [2.24, 2.45) is 0 Å². The summed E-state index contributed by atoms with van der Waals surface area (Å²) in [6, 6.07) is 23.3. The minimum absolute atomic E-state index is 0. The van der Waals surface area contributed by atoms with E-state index in [2.05, 4.69) is 128 Å². The molecule has 0 N–H and O–H groups in total. The summed E-state index contributed by atoms with van der Waals surface area (Å²) in [4.78, 5) is 0. The van der Waals surface area contributed by atoms with E-state index >= 15 is 0 Å². The molecule has 2 aliphatic rings. The summed E-state index contributed by atoms with van der Waals surface area (Å²) in [7, 11) is 0. The number of fused-ring (bicyclic) bond motifs is 3. The van der Waals surface area contributed by atoms with Crippen LogP contribution in [0.25, 0.3) is 16.7 Å². The molecule has 5 rings (SSSR count). The molecule has 0 nitrogen and oxygen atoms in total. The van der Waals surface area contributed by atoms with Crippen LogP contribution in [0, 0.1) is 0 Å². The summed E-state index contributed by atoms with van der Waals surface area (Å²) >= 11 is -2.23. The molecule has 0 heterocycles. The van der Waals surface area contributed by atoms with Gasteiger partial charge in [0.15, 0.2) is 0 Å². The van der Waals surface area contributed by atoms with Gasteiger partial charge in [0, 0.05) is 0 Å². The minimum atomic E-state index is -2.23. The zero-order valence-corrected chi connectivity index (χ0v) is 28.1. The third-order valence-electron chi connectivity index (χ3n) is 7.82. The maximum absolute atomic E-state index is 2.62. The number of allylic oxidation sites excluding steroid dienone is 4. The molecular formula is C35H40Cl2Zr. The van der Waals surface area contributed by atoms with Crippen molar-refractivity contribution >= 4 is 12.1 Å². The molecule has 0 saturated carbocycles. The number of benzene rings is 3. The second-order valence-electron chi connectivity index (χ2n) is 12.9. The van der Waals surface area contributed by atoms with Crippen molar-refractivity contribution < 1.29 is 46.1 Å². The van der Waals surface area contributed by atoms with Crippen LogP contribution in [0.1, 0.15) is 89.6 Å². The minimum Gasteiger partial charge on any atom is -1.00 e. The van der Waals surface area contributed by atoms with Gasteiger partial charge < -0.3 is 24.8 Å². The fourth-order valence-electron chi connectivity index (χ4n) is 5.69. The first-order chi connectivity index (χ1) is 16.9. The van der Waals surface area contributed by atoms with Crippen LogP contribution < -0.4 is 28.1 Å². The van der Waals surface area contributed by atoms with E-state index < -0.39 is 21.3 Å². The fraction of sp³-hybridized carbons (Fsp3) is 0.343. The van der Waals surface area contributed by atoms with E-state index in [9.17, 15) is 0 Å². The molecule has 0 amide bonds. The molecule has 0 aromatic heterocycles. The zero-order valence-electron chi connectivity index (χ0n) is 24.1.